The van der Waals surface area contributed by atoms with Crippen LogP contribution in [0.5, 0.6) is 0 Å². The molecule has 8 heteroatoms. The molecule has 0 radical (unpaired) electrons. The first-order chi connectivity index (χ1) is 10.6. The lowest BCUT2D eigenvalue weighted by atomic mass is 10.2. The van der Waals surface area contributed by atoms with Gasteiger partial charge < -0.3 is 9.09 Å². The van der Waals surface area contributed by atoms with Crippen molar-refractivity contribution in [2.75, 3.05) is 0 Å². The summed E-state index contributed by atoms with van der Waals surface area (Å²) in [5.41, 5.74) is 0.831. The highest BCUT2D eigenvalue weighted by Crippen LogP contribution is 2.24. The summed E-state index contributed by atoms with van der Waals surface area (Å²) >= 11 is 7.48. The van der Waals surface area contributed by atoms with Crippen molar-refractivity contribution in [3.63, 3.8) is 0 Å². The molecule has 0 aliphatic rings. The van der Waals surface area contributed by atoms with Crippen molar-refractivity contribution in [1.82, 2.24) is 24.9 Å². The molecule has 0 saturated carbocycles. The molecule has 2 heterocycles. The van der Waals surface area contributed by atoms with Crippen LogP contribution >= 0.6 is 23.4 Å². The fraction of sp³-hybridized carbons (Fsp3) is 0.286. The average Bonchev–Trinajstić information content (AvgIpc) is 3.14. The molecule has 0 atom stereocenters. The molecule has 114 valence electrons. The smallest absolute Gasteiger partial charge is 0.237 e. The van der Waals surface area contributed by atoms with Crippen molar-refractivity contribution in [3.8, 4) is 11.4 Å². The first-order valence-electron chi connectivity index (χ1n) is 6.74. The molecule has 22 heavy (non-hydrogen) atoms. The number of nitrogens with zero attached hydrogens (tertiary/aromatic N) is 5. The van der Waals surface area contributed by atoms with Gasteiger partial charge in [-0.2, -0.15) is 4.98 Å². The van der Waals surface area contributed by atoms with Crippen LogP contribution in [0.1, 0.15) is 25.8 Å². The maximum atomic E-state index is 5.97. The van der Waals surface area contributed by atoms with E-state index in [0.29, 0.717) is 28.5 Å². The zero-order valence-electron chi connectivity index (χ0n) is 12.1. The van der Waals surface area contributed by atoms with E-state index in [1.807, 2.05) is 16.7 Å². The van der Waals surface area contributed by atoms with Crippen molar-refractivity contribution in [1.29, 1.82) is 0 Å². The Kier molecular flexibility index (Phi) is 4.44. The number of hydrogen-bond acceptors (Lipinski definition) is 6. The Hall–Kier alpha value is -1.86. The largest absolute Gasteiger partial charge is 0.338 e. The first kappa shape index (κ1) is 15.1. The SMILES string of the molecule is CC(C)n1cnnc1SCc1nc(-c2cccc(Cl)c2)no1. The highest BCUT2D eigenvalue weighted by Gasteiger charge is 2.12. The van der Waals surface area contributed by atoms with E-state index < -0.39 is 0 Å². The van der Waals surface area contributed by atoms with Crippen LogP contribution in [-0.2, 0) is 5.75 Å². The Morgan fingerprint density at radius 2 is 2.23 bits per heavy atom. The molecule has 0 saturated heterocycles. The molecule has 1 aromatic carbocycles. The van der Waals surface area contributed by atoms with Gasteiger partial charge in [-0.05, 0) is 26.0 Å². The van der Waals surface area contributed by atoms with E-state index in [1.54, 1.807) is 18.5 Å². The summed E-state index contributed by atoms with van der Waals surface area (Å²) in [6.07, 6.45) is 1.72. The molecule has 6 nitrogen and oxygen atoms in total. The second-order valence-corrected chi connectivity index (χ2v) is 6.30. The summed E-state index contributed by atoms with van der Waals surface area (Å²) in [4.78, 5) is 4.38. The van der Waals surface area contributed by atoms with Gasteiger partial charge in [0.15, 0.2) is 5.16 Å². The van der Waals surface area contributed by atoms with E-state index >= 15 is 0 Å². The quantitative estimate of drug-likeness (QED) is 0.659. The van der Waals surface area contributed by atoms with Crippen LogP contribution in [0.25, 0.3) is 11.4 Å². The van der Waals surface area contributed by atoms with Crippen LogP contribution in [0.4, 0.5) is 0 Å². The molecular weight excluding hydrogens is 322 g/mol. The maximum Gasteiger partial charge on any atom is 0.237 e. The summed E-state index contributed by atoms with van der Waals surface area (Å²) in [5.74, 6) is 1.61. The zero-order valence-corrected chi connectivity index (χ0v) is 13.7. The molecule has 0 N–H and O–H groups in total. The minimum absolute atomic E-state index is 0.308. The van der Waals surface area contributed by atoms with Crippen LogP contribution in [0.15, 0.2) is 40.3 Å². The molecular formula is C14H14ClN5OS. The number of rotatable bonds is 5. The van der Waals surface area contributed by atoms with E-state index in [4.69, 9.17) is 16.1 Å². The molecule has 3 rings (SSSR count). The van der Waals surface area contributed by atoms with Crippen molar-refractivity contribution in [2.45, 2.75) is 30.8 Å². The third kappa shape index (κ3) is 3.31. The molecule has 0 bridgehead atoms. The lowest BCUT2D eigenvalue weighted by Gasteiger charge is -2.07. The first-order valence-corrected chi connectivity index (χ1v) is 8.10. The number of halogens is 1. The van der Waals surface area contributed by atoms with Crippen LogP contribution in [0.3, 0.4) is 0 Å². The predicted molar refractivity (Wildman–Crippen MR) is 84.7 cm³/mol. The van der Waals surface area contributed by atoms with Gasteiger partial charge in [-0.15, -0.1) is 10.2 Å². The summed E-state index contributed by atoms with van der Waals surface area (Å²) in [5, 5.41) is 13.5. The monoisotopic (exact) mass is 335 g/mol. The fourth-order valence-corrected chi connectivity index (χ4v) is 2.95. The second-order valence-electron chi connectivity index (χ2n) is 4.93. The highest BCUT2D eigenvalue weighted by molar-refractivity contribution is 7.98. The van der Waals surface area contributed by atoms with Crippen molar-refractivity contribution < 1.29 is 4.52 Å². The minimum Gasteiger partial charge on any atom is -0.338 e. The van der Waals surface area contributed by atoms with Gasteiger partial charge in [-0.25, -0.2) is 0 Å². The standard InChI is InChI=1S/C14H14ClN5OS/c1-9(2)20-8-16-18-14(20)22-7-12-17-13(19-21-12)10-4-3-5-11(15)6-10/h3-6,8-9H,7H2,1-2H3. The predicted octanol–water partition coefficient (Wildman–Crippen LogP) is 3.85. The Bertz CT molecular complexity index is 770. The number of hydrogen-bond donors (Lipinski definition) is 0. The highest BCUT2D eigenvalue weighted by atomic mass is 35.5. The van der Waals surface area contributed by atoms with Gasteiger partial charge in [-0.3, -0.25) is 0 Å². The molecule has 0 aliphatic carbocycles. The molecule has 3 aromatic rings. The molecule has 0 unspecified atom stereocenters. The second kappa shape index (κ2) is 6.50. The van der Waals surface area contributed by atoms with Crippen molar-refractivity contribution in [2.24, 2.45) is 0 Å². The maximum absolute atomic E-state index is 5.97. The molecule has 0 aliphatic heterocycles. The van der Waals surface area contributed by atoms with E-state index in [0.717, 1.165) is 10.7 Å². The van der Waals surface area contributed by atoms with E-state index in [9.17, 15) is 0 Å². The van der Waals surface area contributed by atoms with Crippen molar-refractivity contribution >= 4 is 23.4 Å². The van der Waals surface area contributed by atoms with Gasteiger partial charge >= 0.3 is 0 Å². The minimum atomic E-state index is 0.308. The normalized spacial score (nSPS) is 11.3. The van der Waals surface area contributed by atoms with Crippen LogP contribution < -0.4 is 0 Å². The Labute approximate surface area is 136 Å². The zero-order chi connectivity index (χ0) is 15.5. The number of benzene rings is 1. The Balaban J connectivity index is 1.71. The molecule has 2 aromatic heterocycles. The lowest BCUT2D eigenvalue weighted by Crippen LogP contribution is -2.00. The topological polar surface area (TPSA) is 69.6 Å². The number of thioether (sulfide) groups is 1. The van der Waals surface area contributed by atoms with Gasteiger partial charge in [-0.1, -0.05) is 40.7 Å². The van der Waals surface area contributed by atoms with Crippen LogP contribution in [0, 0.1) is 0 Å². The molecule has 0 fully saturated rings. The van der Waals surface area contributed by atoms with E-state index in [1.165, 1.54) is 11.8 Å². The van der Waals surface area contributed by atoms with Gasteiger partial charge in [0, 0.05) is 16.6 Å². The van der Waals surface area contributed by atoms with Crippen LogP contribution in [0.2, 0.25) is 5.02 Å². The average molecular weight is 336 g/mol. The summed E-state index contributed by atoms with van der Waals surface area (Å²) in [6, 6.07) is 7.66. The Morgan fingerprint density at radius 3 is 3.00 bits per heavy atom. The number of aromatic nitrogens is 5. The third-order valence-electron chi connectivity index (χ3n) is 2.97. The summed E-state index contributed by atoms with van der Waals surface area (Å²) in [6.45, 7) is 4.16. The van der Waals surface area contributed by atoms with E-state index in [2.05, 4.69) is 34.2 Å². The Morgan fingerprint density at radius 1 is 1.36 bits per heavy atom. The molecule has 0 spiro atoms. The molecule has 0 amide bonds. The fourth-order valence-electron chi connectivity index (χ4n) is 1.87. The van der Waals surface area contributed by atoms with Gasteiger partial charge in [0.05, 0.1) is 5.75 Å². The van der Waals surface area contributed by atoms with Gasteiger partial charge in [0.2, 0.25) is 11.7 Å². The van der Waals surface area contributed by atoms with E-state index in [-0.39, 0.29) is 0 Å². The van der Waals surface area contributed by atoms with Crippen molar-refractivity contribution in [3.05, 3.63) is 41.5 Å². The summed E-state index contributed by atoms with van der Waals surface area (Å²) < 4.78 is 7.27. The van der Waals surface area contributed by atoms with Gasteiger partial charge in [0.25, 0.3) is 0 Å². The summed E-state index contributed by atoms with van der Waals surface area (Å²) in [7, 11) is 0. The lowest BCUT2D eigenvalue weighted by molar-refractivity contribution is 0.391. The third-order valence-corrected chi connectivity index (χ3v) is 4.15. The van der Waals surface area contributed by atoms with Gasteiger partial charge in [0.1, 0.15) is 6.33 Å². The van der Waals surface area contributed by atoms with Crippen LogP contribution in [-0.4, -0.2) is 24.9 Å².